The number of nitrogens with zero attached hydrogens (tertiary/aromatic N) is 2. The highest BCUT2D eigenvalue weighted by Crippen LogP contribution is 2.14. The predicted molar refractivity (Wildman–Crippen MR) is 120 cm³/mol. The number of carboxylic acid groups (broad SMARTS) is 1. The summed E-state index contributed by atoms with van der Waals surface area (Å²) in [4.78, 5) is 30.3. The number of ether oxygens (including phenoxy) is 1. The number of rotatable bonds is 10. The standard InChI is InChI=1S/C23H25N3O5S/c27-21(20(25-22(28)29)11-17-7-3-1-4-8-17)14-26(13-18-9-5-2-6-10-18)23(30)31-15-19-12-24-16-32-19/h1-10,12,16,20-21,25,27H,11,13-15H2,(H,28,29). The summed E-state index contributed by atoms with van der Waals surface area (Å²) in [5.41, 5.74) is 3.38. The fourth-order valence-corrected chi connectivity index (χ4v) is 3.71. The van der Waals surface area contributed by atoms with E-state index < -0.39 is 24.3 Å². The van der Waals surface area contributed by atoms with Crippen LogP contribution >= 0.6 is 11.3 Å². The van der Waals surface area contributed by atoms with Gasteiger partial charge in [0, 0.05) is 12.7 Å². The van der Waals surface area contributed by atoms with E-state index in [0.29, 0.717) is 0 Å². The van der Waals surface area contributed by atoms with E-state index in [0.717, 1.165) is 16.0 Å². The molecule has 0 bridgehead atoms. The molecule has 0 saturated heterocycles. The number of hydrogen-bond acceptors (Lipinski definition) is 6. The first kappa shape index (κ1) is 23.2. The van der Waals surface area contributed by atoms with Crippen LogP contribution < -0.4 is 5.32 Å². The first-order valence-electron chi connectivity index (χ1n) is 10.1. The van der Waals surface area contributed by atoms with E-state index in [1.54, 1.807) is 11.7 Å². The summed E-state index contributed by atoms with van der Waals surface area (Å²) in [6, 6.07) is 17.8. The smallest absolute Gasteiger partial charge is 0.410 e. The van der Waals surface area contributed by atoms with Gasteiger partial charge in [-0.2, -0.15) is 0 Å². The number of thiazole rings is 1. The van der Waals surface area contributed by atoms with Crippen LogP contribution in [-0.2, 0) is 24.3 Å². The van der Waals surface area contributed by atoms with Crippen molar-refractivity contribution in [3.8, 4) is 0 Å². The summed E-state index contributed by atoms with van der Waals surface area (Å²) < 4.78 is 5.41. The molecule has 0 aliphatic rings. The van der Waals surface area contributed by atoms with E-state index in [2.05, 4.69) is 10.3 Å². The fourth-order valence-electron chi connectivity index (χ4n) is 3.21. The summed E-state index contributed by atoms with van der Waals surface area (Å²) in [5.74, 6) is 0. The molecule has 3 aromatic rings. The van der Waals surface area contributed by atoms with Crippen LogP contribution in [0.3, 0.4) is 0 Å². The Bertz CT molecular complexity index is 970. The largest absolute Gasteiger partial charge is 0.465 e. The van der Waals surface area contributed by atoms with Gasteiger partial charge in [-0.15, -0.1) is 11.3 Å². The Morgan fingerprint density at radius 1 is 1.06 bits per heavy atom. The van der Waals surface area contributed by atoms with Crippen molar-refractivity contribution < 1.29 is 24.5 Å². The van der Waals surface area contributed by atoms with Gasteiger partial charge in [-0.25, -0.2) is 9.59 Å². The Balaban J connectivity index is 1.72. The van der Waals surface area contributed by atoms with E-state index >= 15 is 0 Å². The van der Waals surface area contributed by atoms with Crippen LogP contribution in [0.25, 0.3) is 0 Å². The minimum absolute atomic E-state index is 0.0751. The second-order valence-corrected chi connectivity index (χ2v) is 8.17. The molecule has 3 rings (SSSR count). The number of nitrogens with one attached hydrogen (secondary N) is 1. The summed E-state index contributed by atoms with van der Waals surface area (Å²) in [5, 5.41) is 22.5. The molecule has 32 heavy (non-hydrogen) atoms. The van der Waals surface area contributed by atoms with Crippen molar-refractivity contribution in [3.63, 3.8) is 0 Å². The number of aliphatic hydroxyl groups excluding tert-OH is 1. The molecule has 0 radical (unpaired) electrons. The highest BCUT2D eigenvalue weighted by atomic mass is 32.1. The van der Waals surface area contributed by atoms with Gasteiger partial charge < -0.3 is 25.2 Å². The van der Waals surface area contributed by atoms with E-state index in [-0.39, 0.29) is 26.1 Å². The first-order chi connectivity index (χ1) is 15.5. The van der Waals surface area contributed by atoms with Crippen LogP contribution in [0.15, 0.2) is 72.4 Å². The van der Waals surface area contributed by atoms with Crippen LogP contribution in [0.2, 0.25) is 0 Å². The third-order valence-corrected chi connectivity index (χ3v) is 5.53. The van der Waals surface area contributed by atoms with E-state index in [1.807, 2.05) is 60.7 Å². The molecular formula is C23H25N3O5S. The molecule has 2 unspecified atom stereocenters. The molecule has 0 aliphatic carbocycles. The molecule has 2 atom stereocenters. The van der Waals surface area contributed by atoms with Crippen molar-refractivity contribution in [2.75, 3.05) is 6.54 Å². The number of carbonyl (C=O) groups excluding carboxylic acids is 1. The molecular weight excluding hydrogens is 430 g/mol. The molecule has 1 aromatic heterocycles. The second kappa shape index (κ2) is 11.8. The lowest BCUT2D eigenvalue weighted by Crippen LogP contribution is -2.50. The molecule has 0 fully saturated rings. The van der Waals surface area contributed by atoms with Crippen molar-refractivity contribution in [1.29, 1.82) is 0 Å². The predicted octanol–water partition coefficient (Wildman–Crippen LogP) is 3.52. The van der Waals surface area contributed by atoms with Gasteiger partial charge in [0.15, 0.2) is 0 Å². The number of carbonyl (C=O) groups is 2. The maximum absolute atomic E-state index is 12.8. The van der Waals surface area contributed by atoms with Gasteiger partial charge >= 0.3 is 12.2 Å². The molecule has 2 aromatic carbocycles. The third-order valence-electron chi connectivity index (χ3n) is 4.78. The van der Waals surface area contributed by atoms with Gasteiger partial charge in [0.25, 0.3) is 0 Å². The first-order valence-corrected chi connectivity index (χ1v) is 10.9. The molecule has 2 amide bonds. The van der Waals surface area contributed by atoms with Gasteiger partial charge in [-0.3, -0.25) is 4.98 Å². The molecule has 0 saturated carbocycles. The zero-order valence-corrected chi connectivity index (χ0v) is 18.1. The highest BCUT2D eigenvalue weighted by molar-refractivity contribution is 7.09. The summed E-state index contributed by atoms with van der Waals surface area (Å²) in [6.45, 7) is 0.185. The molecule has 168 valence electrons. The van der Waals surface area contributed by atoms with E-state index in [4.69, 9.17) is 4.74 Å². The lowest BCUT2D eigenvalue weighted by Gasteiger charge is -2.29. The lowest BCUT2D eigenvalue weighted by atomic mass is 10.0. The molecule has 8 nitrogen and oxygen atoms in total. The van der Waals surface area contributed by atoms with Crippen molar-refractivity contribution in [3.05, 3.63) is 88.4 Å². The third kappa shape index (κ3) is 7.36. The zero-order chi connectivity index (χ0) is 22.8. The number of benzene rings is 2. The van der Waals surface area contributed by atoms with E-state index in [1.165, 1.54) is 16.2 Å². The van der Waals surface area contributed by atoms with Crippen molar-refractivity contribution in [1.82, 2.24) is 15.2 Å². The molecule has 9 heteroatoms. The topological polar surface area (TPSA) is 112 Å². The SMILES string of the molecule is O=C(O)NC(Cc1ccccc1)C(O)CN(Cc1ccccc1)C(=O)OCc1cncs1. The Labute approximate surface area is 190 Å². The van der Waals surface area contributed by atoms with Crippen molar-refractivity contribution >= 4 is 23.5 Å². The molecule has 3 N–H and O–H groups in total. The maximum Gasteiger partial charge on any atom is 0.410 e. The Kier molecular flexibility index (Phi) is 8.59. The number of aliphatic hydroxyl groups is 1. The Morgan fingerprint density at radius 2 is 1.72 bits per heavy atom. The minimum Gasteiger partial charge on any atom is -0.465 e. The lowest BCUT2D eigenvalue weighted by molar-refractivity contribution is 0.0525. The quantitative estimate of drug-likeness (QED) is 0.431. The van der Waals surface area contributed by atoms with E-state index in [9.17, 15) is 19.8 Å². The van der Waals surface area contributed by atoms with Crippen LogP contribution in [0.1, 0.15) is 16.0 Å². The second-order valence-electron chi connectivity index (χ2n) is 7.20. The maximum atomic E-state index is 12.8. The summed E-state index contributed by atoms with van der Waals surface area (Å²) in [7, 11) is 0. The number of hydrogen-bond donors (Lipinski definition) is 3. The van der Waals surface area contributed by atoms with Gasteiger partial charge in [0.05, 0.1) is 29.1 Å². The number of amides is 2. The fraction of sp³-hybridized carbons (Fsp3) is 0.261. The minimum atomic E-state index is -1.24. The highest BCUT2D eigenvalue weighted by Gasteiger charge is 2.27. The van der Waals surface area contributed by atoms with Gasteiger partial charge in [-0.05, 0) is 17.5 Å². The molecule has 0 spiro atoms. The van der Waals surface area contributed by atoms with Crippen LogP contribution in [0.5, 0.6) is 0 Å². The molecule has 0 aliphatic heterocycles. The van der Waals surface area contributed by atoms with Gasteiger partial charge in [-0.1, -0.05) is 60.7 Å². The summed E-state index contributed by atoms with van der Waals surface area (Å²) >= 11 is 1.38. The van der Waals surface area contributed by atoms with Crippen LogP contribution in [-0.4, -0.2) is 51.0 Å². The Hall–Kier alpha value is -3.43. The monoisotopic (exact) mass is 455 g/mol. The summed E-state index contributed by atoms with van der Waals surface area (Å²) in [6.07, 6.45) is -1.09. The van der Waals surface area contributed by atoms with Crippen LogP contribution in [0.4, 0.5) is 9.59 Å². The van der Waals surface area contributed by atoms with Gasteiger partial charge in [0.1, 0.15) is 6.61 Å². The van der Waals surface area contributed by atoms with Crippen LogP contribution in [0, 0.1) is 0 Å². The van der Waals surface area contributed by atoms with Gasteiger partial charge in [0.2, 0.25) is 0 Å². The zero-order valence-electron chi connectivity index (χ0n) is 17.3. The van der Waals surface area contributed by atoms with Crippen molar-refractivity contribution in [2.45, 2.75) is 31.7 Å². The average Bonchev–Trinajstić information content (AvgIpc) is 3.31. The normalized spacial score (nSPS) is 12.5. The van der Waals surface area contributed by atoms with Crippen molar-refractivity contribution in [2.24, 2.45) is 0 Å². The average molecular weight is 456 g/mol. The number of aromatic nitrogens is 1. The Morgan fingerprint density at radius 3 is 2.31 bits per heavy atom. The molecule has 1 heterocycles.